The van der Waals surface area contributed by atoms with Gasteiger partial charge in [0.05, 0.1) is 24.5 Å². The Labute approximate surface area is 168 Å². The Bertz CT molecular complexity index is 695. The third-order valence-electron chi connectivity index (χ3n) is 4.55. The van der Waals surface area contributed by atoms with Gasteiger partial charge in [-0.05, 0) is 39.2 Å². The van der Waals surface area contributed by atoms with Crippen LogP contribution in [0.3, 0.4) is 0 Å². The Balaban J connectivity index is 2.17. The summed E-state index contributed by atoms with van der Waals surface area (Å²) in [4.78, 5) is 37.3. The van der Waals surface area contributed by atoms with E-state index in [0.29, 0.717) is 20.7 Å². The molecule has 150 valence electrons. The van der Waals surface area contributed by atoms with E-state index >= 15 is 0 Å². The molecule has 6 nitrogen and oxygen atoms in total. The Hall–Kier alpha value is -1.54. The lowest BCUT2D eigenvalue weighted by atomic mass is 10.0. The van der Waals surface area contributed by atoms with E-state index in [1.807, 2.05) is 6.92 Å². The highest BCUT2D eigenvalue weighted by atomic mass is 32.2. The van der Waals surface area contributed by atoms with Gasteiger partial charge < -0.3 is 14.8 Å². The van der Waals surface area contributed by atoms with Crippen LogP contribution in [-0.4, -0.2) is 42.1 Å². The maximum absolute atomic E-state index is 12.7. The van der Waals surface area contributed by atoms with Gasteiger partial charge >= 0.3 is 11.9 Å². The van der Waals surface area contributed by atoms with Crippen molar-refractivity contribution >= 4 is 45.9 Å². The van der Waals surface area contributed by atoms with Crippen LogP contribution in [0.15, 0.2) is 0 Å². The van der Waals surface area contributed by atoms with Gasteiger partial charge in [-0.1, -0.05) is 19.3 Å². The third kappa shape index (κ3) is 5.48. The molecule has 0 spiro atoms. The molecule has 27 heavy (non-hydrogen) atoms. The van der Waals surface area contributed by atoms with Crippen molar-refractivity contribution in [2.75, 3.05) is 19.0 Å². The summed E-state index contributed by atoms with van der Waals surface area (Å²) in [6.45, 7) is 5.49. The number of amides is 1. The van der Waals surface area contributed by atoms with Crippen LogP contribution < -0.4 is 5.32 Å². The second kappa shape index (κ2) is 10.1. The van der Waals surface area contributed by atoms with E-state index in [1.165, 1.54) is 26.4 Å². The molecule has 1 unspecified atom stereocenters. The highest BCUT2D eigenvalue weighted by molar-refractivity contribution is 8.01. The predicted molar refractivity (Wildman–Crippen MR) is 109 cm³/mol. The molecule has 1 heterocycles. The van der Waals surface area contributed by atoms with Gasteiger partial charge in [0, 0.05) is 5.25 Å². The number of thiophene rings is 1. The van der Waals surface area contributed by atoms with Crippen molar-refractivity contribution in [3.8, 4) is 0 Å². The first-order valence-corrected chi connectivity index (χ1v) is 11.0. The number of hydrogen-bond acceptors (Lipinski definition) is 7. The maximum Gasteiger partial charge on any atom is 0.348 e. The van der Waals surface area contributed by atoms with E-state index in [1.54, 1.807) is 25.6 Å². The molecule has 8 heteroatoms. The molecule has 0 aromatic carbocycles. The van der Waals surface area contributed by atoms with E-state index in [0.717, 1.165) is 24.2 Å². The van der Waals surface area contributed by atoms with Crippen LogP contribution in [0.2, 0.25) is 0 Å². The maximum atomic E-state index is 12.7. The van der Waals surface area contributed by atoms with Crippen molar-refractivity contribution in [3.63, 3.8) is 0 Å². The summed E-state index contributed by atoms with van der Waals surface area (Å²) in [5.41, 5.74) is 0.682. The van der Waals surface area contributed by atoms with Gasteiger partial charge in [0.1, 0.15) is 9.88 Å². The molecule has 0 bridgehead atoms. The normalized spacial score (nSPS) is 15.9. The number of thioether (sulfide) groups is 1. The quantitative estimate of drug-likeness (QED) is 0.667. The lowest BCUT2D eigenvalue weighted by Crippen LogP contribution is -2.26. The minimum atomic E-state index is -0.581. The molecule has 1 aromatic heterocycles. The van der Waals surface area contributed by atoms with Gasteiger partial charge in [0.15, 0.2) is 0 Å². The van der Waals surface area contributed by atoms with Crippen molar-refractivity contribution < 1.29 is 23.9 Å². The highest BCUT2D eigenvalue weighted by Crippen LogP contribution is 2.36. The van der Waals surface area contributed by atoms with Gasteiger partial charge in [-0.25, -0.2) is 9.59 Å². The Morgan fingerprint density at radius 3 is 2.48 bits per heavy atom. The third-order valence-corrected chi connectivity index (χ3v) is 7.22. The summed E-state index contributed by atoms with van der Waals surface area (Å²) in [5, 5.41) is 3.42. The molecule has 1 N–H and O–H groups in total. The Morgan fingerprint density at radius 2 is 1.89 bits per heavy atom. The zero-order valence-electron chi connectivity index (χ0n) is 16.3. The van der Waals surface area contributed by atoms with Crippen molar-refractivity contribution in [1.82, 2.24) is 0 Å². The molecule has 1 aliphatic carbocycles. The number of carbonyl (C=O) groups excluding carboxylic acids is 3. The van der Waals surface area contributed by atoms with E-state index in [2.05, 4.69) is 5.32 Å². The van der Waals surface area contributed by atoms with E-state index < -0.39 is 11.9 Å². The predicted octanol–water partition coefficient (Wildman–Crippen LogP) is 4.41. The first-order chi connectivity index (χ1) is 12.9. The van der Waals surface area contributed by atoms with E-state index in [9.17, 15) is 14.4 Å². The lowest BCUT2D eigenvalue weighted by molar-refractivity contribution is -0.115. The van der Waals surface area contributed by atoms with Crippen LogP contribution in [0.5, 0.6) is 0 Å². The fourth-order valence-electron chi connectivity index (χ4n) is 3.11. The van der Waals surface area contributed by atoms with Crippen LogP contribution >= 0.6 is 23.1 Å². The van der Waals surface area contributed by atoms with Gasteiger partial charge in [-0.3, -0.25) is 4.79 Å². The smallest absolute Gasteiger partial charge is 0.348 e. The molecular formula is C19H27NO5S2. The number of hydrogen-bond donors (Lipinski definition) is 1. The molecule has 1 aliphatic rings. The summed E-state index contributed by atoms with van der Waals surface area (Å²) in [5.74, 6) is -1.26. The standard InChI is InChI=1S/C19H27NO5S2/c1-5-25-19(23)15-11(2)14(18(22)24-4)17(27-15)20-16(21)12(3)26-13-9-7-6-8-10-13/h12-13H,5-10H2,1-4H3,(H,20,21). The number of rotatable bonds is 7. The zero-order valence-corrected chi connectivity index (χ0v) is 17.9. The number of ether oxygens (including phenoxy) is 2. The second-order valence-corrected chi connectivity index (χ2v) is 9.17. The summed E-state index contributed by atoms with van der Waals surface area (Å²) < 4.78 is 9.88. The Morgan fingerprint density at radius 1 is 1.22 bits per heavy atom. The average Bonchev–Trinajstić information content (AvgIpc) is 2.98. The fourth-order valence-corrected chi connectivity index (χ4v) is 5.56. The van der Waals surface area contributed by atoms with Crippen LogP contribution in [-0.2, 0) is 14.3 Å². The molecule has 0 aliphatic heterocycles. The van der Waals surface area contributed by atoms with Crippen LogP contribution in [0.4, 0.5) is 5.00 Å². The van der Waals surface area contributed by atoms with Gasteiger partial charge in [-0.15, -0.1) is 23.1 Å². The number of carbonyl (C=O) groups is 3. The molecule has 1 atom stereocenters. The largest absolute Gasteiger partial charge is 0.465 e. The first-order valence-electron chi connectivity index (χ1n) is 9.24. The number of esters is 2. The minimum Gasteiger partial charge on any atom is -0.465 e. The number of methoxy groups -OCH3 is 1. The van der Waals surface area contributed by atoms with Gasteiger partial charge in [0.2, 0.25) is 5.91 Å². The van der Waals surface area contributed by atoms with Gasteiger partial charge in [0.25, 0.3) is 0 Å². The molecule has 1 saturated carbocycles. The van der Waals surface area contributed by atoms with Crippen LogP contribution in [0.1, 0.15) is 71.5 Å². The molecule has 2 rings (SSSR count). The monoisotopic (exact) mass is 413 g/mol. The van der Waals surface area contributed by atoms with E-state index in [4.69, 9.17) is 9.47 Å². The fraction of sp³-hybridized carbons (Fsp3) is 0.632. The summed E-state index contributed by atoms with van der Waals surface area (Å²) in [6, 6.07) is 0. The summed E-state index contributed by atoms with van der Waals surface area (Å²) in [7, 11) is 1.27. The van der Waals surface area contributed by atoms with Crippen molar-refractivity contribution in [1.29, 1.82) is 0 Å². The minimum absolute atomic E-state index is 0.174. The average molecular weight is 414 g/mol. The topological polar surface area (TPSA) is 81.7 Å². The summed E-state index contributed by atoms with van der Waals surface area (Å²) >= 11 is 2.73. The summed E-state index contributed by atoms with van der Waals surface area (Å²) in [6.07, 6.45) is 5.98. The molecule has 0 radical (unpaired) electrons. The Kier molecular flexibility index (Phi) is 8.16. The van der Waals surface area contributed by atoms with Crippen LogP contribution in [0.25, 0.3) is 0 Å². The first kappa shape index (κ1) is 21.8. The highest BCUT2D eigenvalue weighted by Gasteiger charge is 2.28. The zero-order chi connectivity index (χ0) is 20.0. The van der Waals surface area contributed by atoms with Crippen molar-refractivity contribution in [3.05, 3.63) is 16.0 Å². The van der Waals surface area contributed by atoms with Crippen molar-refractivity contribution in [2.45, 2.75) is 63.4 Å². The lowest BCUT2D eigenvalue weighted by Gasteiger charge is -2.23. The SMILES string of the molecule is CCOC(=O)c1sc(NC(=O)C(C)SC2CCCCC2)c(C(=O)OC)c1C. The second-order valence-electron chi connectivity index (χ2n) is 6.50. The van der Waals surface area contributed by atoms with Crippen LogP contribution in [0, 0.1) is 6.92 Å². The molecule has 1 fully saturated rings. The van der Waals surface area contributed by atoms with Gasteiger partial charge in [-0.2, -0.15) is 0 Å². The number of nitrogens with one attached hydrogen (secondary N) is 1. The molecule has 1 amide bonds. The van der Waals surface area contributed by atoms with Crippen molar-refractivity contribution in [2.24, 2.45) is 0 Å². The molecular weight excluding hydrogens is 386 g/mol. The molecule has 1 aromatic rings. The number of anilines is 1. The van der Waals surface area contributed by atoms with E-state index in [-0.39, 0.29) is 23.3 Å². The molecule has 0 saturated heterocycles.